The van der Waals surface area contributed by atoms with Crippen molar-refractivity contribution < 1.29 is 4.74 Å². The van der Waals surface area contributed by atoms with Gasteiger partial charge in [0.1, 0.15) is 0 Å². The Kier molecular flexibility index (Phi) is 3.96. The van der Waals surface area contributed by atoms with E-state index in [4.69, 9.17) is 4.74 Å². The third-order valence-electron chi connectivity index (χ3n) is 5.44. The minimum atomic E-state index is 0.506. The van der Waals surface area contributed by atoms with Gasteiger partial charge in [-0.25, -0.2) is 0 Å². The lowest BCUT2D eigenvalue weighted by Gasteiger charge is -2.45. The monoisotopic (exact) mass is 307 g/mol. The molecule has 0 amide bonds. The molecule has 3 aliphatic rings. The maximum atomic E-state index is 6.02. The van der Waals surface area contributed by atoms with Gasteiger partial charge in [-0.1, -0.05) is 48.5 Å². The second kappa shape index (κ2) is 6.10. The first-order valence-corrected chi connectivity index (χ1v) is 8.66. The fraction of sp³-hybridized carbons (Fsp3) is 0.429. The van der Waals surface area contributed by atoms with E-state index >= 15 is 0 Å². The Morgan fingerprint density at radius 1 is 0.913 bits per heavy atom. The van der Waals surface area contributed by atoms with Gasteiger partial charge in [-0.3, -0.25) is 0 Å². The summed E-state index contributed by atoms with van der Waals surface area (Å²) in [6, 6.07) is 18.1. The highest BCUT2D eigenvalue weighted by molar-refractivity contribution is 5.55. The molecule has 0 radical (unpaired) electrons. The Labute approximate surface area is 139 Å². The van der Waals surface area contributed by atoms with Crippen molar-refractivity contribution in [2.75, 3.05) is 33.9 Å². The second-order valence-electron chi connectivity index (χ2n) is 7.16. The van der Waals surface area contributed by atoms with E-state index in [0.29, 0.717) is 17.8 Å². The molecule has 2 bridgehead atoms. The fourth-order valence-corrected chi connectivity index (χ4v) is 4.40. The normalized spacial score (nSPS) is 24.6. The molecule has 5 rings (SSSR count). The standard InChI is InChI=1S/C21H25NO/c1-22(2)11-12-23-14-15-13-20-16-7-3-5-9-18(16)21(15)19-10-6-4-8-17(19)20/h3-10,15,20-21H,11-14H2,1-2H3. The molecule has 0 saturated heterocycles. The second-order valence-corrected chi connectivity index (χ2v) is 7.16. The molecule has 2 nitrogen and oxygen atoms in total. The number of hydrogen-bond donors (Lipinski definition) is 0. The van der Waals surface area contributed by atoms with Crippen molar-refractivity contribution in [3.05, 3.63) is 70.8 Å². The summed E-state index contributed by atoms with van der Waals surface area (Å²) in [7, 11) is 4.19. The summed E-state index contributed by atoms with van der Waals surface area (Å²) in [6.07, 6.45) is 1.22. The van der Waals surface area contributed by atoms with Crippen LogP contribution < -0.4 is 0 Å². The zero-order valence-corrected chi connectivity index (χ0v) is 14.0. The molecule has 3 aliphatic carbocycles. The molecule has 0 N–H and O–H groups in total. The van der Waals surface area contributed by atoms with Crippen LogP contribution in [0.1, 0.15) is 40.5 Å². The SMILES string of the molecule is CN(C)CCOCC1CC2c3ccccc3C1c1ccccc12. The molecule has 1 unspecified atom stereocenters. The topological polar surface area (TPSA) is 12.5 Å². The number of hydrogen-bond acceptors (Lipinski definition) is 2. The van der Waals surface area contributed by atoms with E-state index in [1.165, 1.54) is 17.5 Å². The first-order chi connectivity index (χ1) is 11.3. The lowest BCUT2D eigenvalue weighted by Crippen LogP contribution is -2.34. The molecule has 0 spiro atoms. The number of rotatable bonds is 5. The van der Waals surface area contributed by atoms with Crippen LogP contribution in [0.2, 0.25) is 0 Å². The van der Waals surface area contributed by atoms with E-state index in [1.807, 2.05) is 0 Å². The highest BCUT2D eigenvalue weighted by Crippen LogP contribution is 2.55. The maximum absolute atomic E-state index is 6.02. The average Bonchev–Trinajstić information content (AvgIpc) is 2.59. The van der Waals surface area contributed by atoms with Crippen molar-refractivity contribution in [2.45, 2.75) is 18.3 Å². The van der Waals surface area contributed by atoms with Crippen LogP contribution in [-0.2, 0) is 4.74 Å². The average molecular weight is 307 g/mol. The van der Waals surface area contributed by atoms with Crippen molar-refractivity contribution in [3.8, 4) is 0 Å². The van der Waals surface area contributed by atoms with Gasteiger partial charge in [-0.15, -0.1) is 0 Å². The summed E-state index contributed by atoms with van der Waals surface area (Å²) in [5.41, 5.74) is 6.15. The maximum Gasteiger partial charge on any atom is 0.0593 e. The van der Waals surface area contributed by atoms with E-state index in [0.717, 1.165) is 19.8 Å². The van der Waals surface area contributed by atoms with Gasteiger partial charge >= 0.3 is 0 Å². The molecule has 2 heteroatoms. The van der Waals surface area contributed by atoms with Crippen molar-refractivity contribution >= 4 is 0 Å². The van der Waals surface area contributed by atoms with Crippen molar-refractivity contribution in [2.24, 2.45) is 5.92 Å². The van der Waals surface area contributed by atoms with Gasteiger partial charge in [0.25, 0.3) is 0 Å². The number of nitrogens with zero attached hydrogens (tertiary/aromatic N) is 1. The van der Waals surface area contributed by atoms with Gasteiger partial charge < -0.3 is 9.64 Å². The summed E-state index contributed by atoms with van der Waals surface area (Å²) >= 11 is 0. The molecule has 2 aromatic rings. The summed E-state index contributed by atoms with van der Waals surface area (Å²) < 4.78 is 6.02. The van der Waals surface area contributed by atoms with Crippen LogP contribution >= 0.6 is 0 Å². The Hall–Kier alpha value is -1.64. The Morgan fingerprint density at radius 2 is 1.48 bits per heavy atom. The van der Waals surface area contributed by atoms with Crippen LogP contribution in [0.4, 0.5) is 0 Å². The molecule has 0 heterocycles. The number of benzene rings is 2. The predicted molar refractivity (Wildman–Crippen MR) is 94.1 cm³/mol. The van der Waals surface area contributed by atoms with E-state index in [2.05, 4.69) is 67.5 Å². The smallest absolute Gasteiger partial charge is 0.0593 e. The zero-order chi connectivity index (χ0) is 15.8. The third kappa shape index (κ3) is 2.60. The van der Waals surface area contributed by atoms with Gasteiger partial charge in [-0.05, 0) is 48.7 Å². The van der Waals surface area contributed by atoms with Crippen molar-refractivity contribution in [3.63, 3.8) is 0 Å². The Morgan fingerprint density at radius 3 is 2.04 bits per heavy atom. The van der Waals surface area contributed by atoms with E-state index in [1.54, 1.807) is 11.1 Å². The van der Waals surface area contributed by atoms with Gasteiger partial charge in [0, 0.05) is 18.4 Å². The molecule has 2 aromatic carbocycles. The molecule has 0 aliphatic heterocycles. The molecular formula is C21H25NO. The zero-order valence-electron chi connectivity index (χ0n) is 14.0. The Bertz CT molecular complexity index is 646. The van der Waals surface area contributed by atoms with Gasteiger partial charge in [0.2, 0.25) is 0 Å². The molecule has 23 heavy (non-hydrogen) atoms. The number of fused-ring (bicyclic) bond motifs is 1. The summed E-state index contributed by atoms with van der Waals surface area (Å²) in [6.45, 7) is 2.69. The van der Waals surface area contributed by atoms with Crippen LogP contribution in [0.5, 0.6) is 0 Å². The molecule has 120 valence electrons. The minimum Gasteiger partial charge on any atom is -0.380 e. The summed E-state index contributed by atoms with van der Waals surface area (Å²) in [5, 5.41) is 0. The van der Waals surface area contributed by atoms with Gasteiger partial charge in [-0.2, -0.15) is 0 Å². The van der Waals surface area contributed by atoms with Gasteiger partial charge in [0.15, 0.2) is 0 Å². The molecule has 0 saturated carbocycles. The largest absolute Gasteiger partial charge is 0.380 e. The molecule has 0 aromatic heterocycles. The van der Waals surface area contributed by atoms with Crippen LogP contribution in [0, 0.1) is 5.92 Å². The quantitative estimate of drug-likeness (QED) is 0.778. The molecular weight excluding hydrogens is 282 g/mol. The van der Waals surface area contributed by atoms with Crippen LogP contribution in [0.25, 0.3) is 0 Å². The van der Waals surface area contributed by atoms with Gasteiger partial charge in [0.05, 0.1) is 13.2 Å². The predicted octanol–water partition coefficient (Wildman–Crippen LogP) is 3.86. The van der Waals surface area contributed by atoms with Crippen LogP contribution in [-0.4, -0.2) is 38.8 Å². The highest BCUT2D eigenvalue weighted by atomic mass is 16.5. The lowest BCUT2D eigenvalue weighted by atomic mass is 9.59. The van der Waals surface area contributed by atoms with Crippen molar-refractivity contribution in [1.82, 2.24) is 4.90 Å². The fourth-order valence-electron chi connectivity index (χ4n) is 4.40. The van der Waals surface area contributed by atoms with Crippen molar-refractivity contribution in [1.29, 1.82) is 0 Å². The number of likely N-dealkylation sites (N-methyl/N-ethyl adjacent to an activating group) is 1. The van der Waals surface area contributed by atoms with Crippen LogP contribution in [0.3, 0.4) is 0 Å². The lowest BCUT2D eigenvalue weighted by molar-refractivity contribution is 0.0728. The highest BCUT2D eigenvalue weighted by Gasteiger charge is 2.42. The third-order valence-corrected chi connectivity index (χ3v) is 5.44. The minimum absolute atomic E-state index is 0.506. The first-order valence-electron chi connectivity index (χ1n) is 8.66. The van der Waals surface area contributed by atoms with E-state index in [-0.39, 0.29) is 0 Å². The Balaban J connectivity index is 1.61. The van der Waals surface area contributed by atoms with E-state index in [9.17, 15) is 0 Å². The summed E-state index contributed by atoms with van der Waals surface area (Å²) in [4.78, 5) is 2.18. The van der Waals surface area contributed by atoms with E-state index < -0.39 is 0 Å². The molecule has 0 fully saturated rings. The summed E-state index contributed by atoms with van der Waals surface area (Å²) in [5.74, 6) is 1.66. The first kappa shape index (κ1) is 14.9. The molecule has 1 atom stereocenters. The number of ether oxygens (including phenoxy) is 1. The van der Waals surface area contributed by atoms with Crippen LogP contribution in [0.15, 0.2) is 48.5 Å².